The smallest absolute Gasteiger partial charge is 0.324 e. The lowest BCUT2D eigenvalue weighted by Gasteiger charge is -2.36. The number of hydrogen-bond acceptors (Lipinski definition) is 3. The first kappa shape index (κ1) is 23.4. The van der Waals surface area contributed by atoms with Crippen molar-refractivity contribution in [2.45, 2.75) is 33.2 Å². The Balaban J connectivity index is 1.43. The summed E-state index contributed by atoms with van der Waals surface area (Å²) >= 11 is 0. The highest BCUT2D eigenvalue weighted by Crippen LogP contribution is 2.25. The van der Waals surface area contributed by atoms with Crippen LogP contribution in [-0.2, 0) is 17.8 Å². The molecule has 0 saturated carbocycles. The molecule has 0 radical (unpaired) electrons. The van der Waals surface area contributed by atoms with E-state index < -0.39 is 0 Å². The Morgan fingerprint density at radius 2 is 1.71 bits per heavy atom. The Kier molecular flexibility index (Phi) is 7.16. The van der Waals surface area contributed by atoms with Crippen LogP contribution >= 0.6 is 0 Å². The SMILES string of the molecule is COc1cccc(CC(=O)Nc2cccc(N3CCCN(Cc4cc(C)cc(C)c4)C3=O)c2)c1. The van der Waals surface area contributed by atoms with Crippen LogP contribution < -0.4 is 15.0 Å². The molecule has 0 unspecified atom stereocenters. The van der Waals surface area contributed by atoms with E-state index >= 15 is 0 Å². The summed E-state index contributed by atoms with van der Waals surface area (Å²) in [5.41, 5.74) is 5.88. The third-order valence-corrected chi connectivity index (χ3v) is 5.91. The van der Waals surface area contributed by atoms with Crippen molar-refractivity contribution in [3.8, 4) is 5.75 Å². The maximum atomic E-state index is 13.3. The quantitative estimate of drug-likeness (QED) is 0.522. The minimum Gasteiger partial charge on any atom is -0.497 e. The van der Waals surface area contributed by atoms with Crippen molar-refractivity contribution in [1.29, 1.82) is 0 Å². The molecule has 1 aliphatic rings. The van der Waals surface area contributed by atoms with Crippen LogP contribution in [0.1, 0.15) is 28.7 Å². The van der Waals surface area contributed by atoms with Gasteiger partial charge in [0.1, 0.15) is 5.75 Å². The van der Waals surface area contributed by atoms with Gasteiger partial charge < -0.3 is 15.0 Å². The van der Waals surface area contributed by atoms with E-state index in [0.29, 0.717) is 18.8 Å². The number of ether oxygens (including phenoxy) is 1. The molecule has 0 aromatic heterocycles. The topological polar surface area (TPSA) is 61.9 Å². The van der Waals surface area contributed by atoms with E-state index in [1.54, 1.807) is 12.0 Å². The zero-order chi connectivity index (χ0) is 24.1. The first-order chi connectivity index (χ1) is 16.4. The fraction of sp³-hybridized carbons (Fsp3) is 0.286. The summed E-state index contributed by atoms with van der Waals surface area (Å²) in [5, 5.41) is 2.95. The van der Waals surface area contributed by atoms with Gasteiger partial charge >= 0.3 is 6.03 Å². The molecule has 0 spiro atoms. The summed E-state index contributed by atoms with van der Waals surface area (Å²) < 4.78 is 5.23. The summed E-state index contributed by atoms with van der Waals surface area (Å²) in [7, 11) is 1.61. The molecule has 6 nitrogen and oxygen atoms in total. The molecular formula is C28H31N3O3. The van der Waals surface area contributed by atoms with E-state index in [9.17, 15) is 9.59 Å². The van der Waals surface area contributed by atoms with Crippen LogP contribution in [-0.4, -0.2) is 37.0 Å². The number of methoxy groups -OCH3 is 1. The molecule has 3 amide bonds. The van der Waals surface area contributed by atoms with Crippen molar-refractivity contribution in [2.75, 3.05) is 30.4 Å². The Morgan fingerprint density at radius 1 is 0.941 bits per heavy atom. The number of nitrogens with zero attached hydrogens (tertiary/aromatic N) is 2. The molecule has 1 heterocycles. The van der Waals surface area contributed by atoms with Gasteiger partial charge in [0.15, 0.2) is 0 Å². The molecule has 1 N–H and O–H groups in total. The van der Waals surface area contributed by atoms with Crippen LogP contribution in [0.5, 0.6) is 5.75 Å². The van der Waals surface area contributed by atoms with E-state index in [1.807, 2.05) is 53.4 Å². The van der Waals surface area contributed by atoms with Crippen LogP contribution in [0.15, 0.2) is 66.7 Å². The van der Waals surface area contributed by atoms with Crippen LogP contribution in [0.3, 0.4) is 0 Å². The zero-order valence-electron chi connectivity index (χ0n) is 20.0. The van der Waals surface area contributed by atoms with Crippen molar-refractivity contribution < 1.29 is 14.3 Å². The number of carbonyl (C=O) groups is 2. The second-order valence-corrected chi connectivity index (χ2v) is 8.83. The molecule has 4 rings (SSSR count). The first-order valence-corrected chi connectivity index (χ1v) is 11.6. The maximum absolute atomic E-state index is 13.3. The Hall–Kier alpha value is -3.80. The molecule has 1 aliphatic heterocycles. The lowest BCUT2D eigenvalue weighted by Crippen LogP contribution is -2.49. The molecule has 0 aliphatic carbocycles. The van der Waals surface area contributed by atoms with Gasteiger partial charge in [-0.3, -0.25) is 9.69 Å². The summed E-state index contributed by atoms with van der Waals surface area (Å²) in [5.74, 6) is 0.605. The predicted molar refractivity (Wildman–Crippen MR) is 135 cm³/mol. The number of amides is 3. The van der Waals surface area contributed by atoms with Gasteiger partial charge in [0.25, 0.3) is 0 Å². The Bertz CT molecular complexity index is 1170. The second-order valence-electron chi connectivity index (χ2n) is 8.83. The molecule has 3 aromatic rings. The van der Waals surface area contributed by atoms with E-state index in [1.165, 1.54) is 11.1 Å². The lowest BCUT2D eigenvalue weighted by molar-refractivity contribution is -0.115. The number of nitrogens with one attached hydrogen (secondary N) is 1. The van der Waals surface area contributed by atoms with Crippen LogP contribution in [0, 0.1) is 13.8 Å². The third-order valence-electron chi connectivity index (χ3n) is 5.91. The molecule has 3 aromatic carbocycles. The molecule has 0 bridgehead atoms. The van der Waals surface area contributed by atoms with Crippen LogP contribution in [0.25, 0.3) is 0 Å². The summed E-state index contributed by atoms with van der Waals surface area (Å²) in [6.07, 6.45) is 1.14. The minimum atomic E-state index is -0.119. The number of benzene rings is 3. The van der Waals surface area contributed by atoms with Gasteiger partial charge in [0.2, 0.25) is 5.91 Å². The zero-order valence-corrected chi connectivity index (χ0v) is 20.0. The molecule has 1 saturated heterocycles. The van der Waals surface area contributed by atoms with Crippen molar-refractivity contribution in [3.63, 3.8) is 0 Å². The molecule has 34 heavy (non-hydrogen) atoms. The molecule has 0 atom stereocenters. The number of hydrogen-bond donors (Lipinski definition) is 1. The maximum Gasteiger partial charge on any atom is 0.324 e. The highest BCUT2D eigenvalue weighted by molar-refractivity contribution is 5.96. The van der Waals surface area contributed by atoms with Crippen LogP contribution in [0.4, 0.5) is 16.2 Å². The fourth-order valence-electron chi connectivity index (χ4n) is 4.47. The van der Waals surface area contributed by atoms with Gasteiger partial charge in [0.05, 0.1) is 13.5 Å². The normalized spacial score (nSPS) is 13.7. The molecule has 176 valence electrons. The fourth-order valence-corrected chi connectivity index (χ4v) is 4.47. The Morgan fingerprint density at radius 3 is 2.47 bits per heavy atom. The standard InChI is InChI=1S/C28H31N3O3/c1-20-13-21(2)15-23(14-20)19-30-11-6-12-31(28(30)33)25-9-5-8-24(18-25)29-27(32)17-22-7-4-10-26(16-22)34-3/h4-5,7-10,13-16,18H,6,11-12,17,19H2,1-3H3,(H,29,32). The number of aryl methyl sites for hydroxylation is 2. The summed E-state index contributed by atoms with van der Waals surface area (Å²) in [6.45, 7) is 6.14. The lowest BCUT2D eigenvalue weighted by atomic mass is 10.1. The second kappa shape index (κ2) is 10.4. The van der Waals surface area contributed by atoms with Crippen molar-refractivity contribution in [3.05, 3.63) is 89.0 Å². The van der Waals surface area contributed by atoms with E-state index in [0.717, 1.165) is 35.5 Å². The van der Waals surface area contributed by atoms with Crippen molar-refractivity contribution >= 4 is 23.3 Å². The highest BCUT2D eigenvalue weighted by atomic mass is 16.5. The van der Waals surface area contributed by atoms with Crippen molar-refractivity contribution in [1.82, 2.24) is 4.90 Å². The average molecular weight is 458 g/mol. The summed E-state index contributed by atoms with van der Waals surface area (Å²) in [6, 6.07) is 21.4. The molecule has 6 heteroatoms. The van der Waals surface area contributed by atoms with Gasteiger partial charge in [0, 0.05) is 31.0 Å². The molecular weight excluding hydrogens is 426 g/mol. The molecule has 1 fully saturated rings. The minimum absolute atomic E-state index is 0.00901. The van der Waals surface area contributed by atoms with Gasteiger partial charge in [-0.25, -0.2) is 4.79 Å². The first-order valence-electron chi connectivity index (χ1n) is 11.6. The van der Waals surface area contributed by atoms with Crippen LogP contribution in [0.2, 0.25) is 0 Å². The number of carbonyl (C=O) groups excluding carboxylic acids is 2. The van der Waals surface area contributed by atoms with E-state index in [4.69, 9.17) is 4.74 Å². The monoisotopic (exact) mass is 457 g/mol. The third kappa shape index (κ3) is 5.76. The average Bonchev–Trinajstić information content (AvgIpc) is 2.80. The van der Waals surface area contributed by atoms with E-state index in [2.05, 4.69) is 37.4 Å². The van der Waals surface area contributed by atoms with Gasteiger partial charge in [-0.2, -0.15) is 0 Å². The largest absolute Gasteiger partial charge is 0.497 e. The number of rotatable bonds is 7. The van der Waals surface area contributed by atoms with Crippen molar-refractivity contribution in [2.24, 2.45) is 0 Å². The highest BCUT2D eigenvalue weighted by Gasteiger charge is 2.27. The predicted octanol–water partition coefficient (Wildman–Crippen LogP) is 5.33. The summed E-state index contributed by atoms with van der Waals surface area (Å²) in [4.78, 5) is 29.6. The van der Waals surface area contributed by atoms with Gasteiger partial charge in [-0.05, 0) is 61.7 Å². The number of urea groups is 1. The number of anilines is 2. The van der Waals surface area contributed by atoms with Gasteiger partial charge in [-0.15, -0.1) is 0 Å². The van der Waals surface area contributed by atoms with E-state index in [-0.39, 0.29) is 18.4 Å². The van der Waals surface area contributed by atoms with Gasteiger partial charge in [-0.1, -0.05) is 47.5 Å². The Labute approximate surface area is 201 Å².